The molecule has 2 amide bonds. The number of amides is 2. The fourth-order valence-electron chi connectivity index (χ4n) is 3.46. The van der Waals surface area contributed by atoms with Gasteiger partial charge in [0.15, 0.2) is 5.13 Å². The van der Waals surface area contributed by atoms with Crippen molar-refractivity contribution in [2.75, 3.05) is 23.7 Å². The second-order valence-corrected chi connectivity index (χ2v) is 8.99. The van der Waals surface area contributed by atoms with Crippen LogP contribution in [0, 0.1) is 11.7 Å². The lowest BCUT2D eigenvalue weighted by molar-refractivity contribution is -0.121. The first-order chi connectivity index (χ1) is 15.4. The maximum Gasteiger partial charge on any atom is 0.273 e. The zero-order valence-electron chi connectivity index (χ0n) is 16.8. The maximum atomic E-state index is 13.1. The molecular weight excluding hydrogens is 474 g/mol. The number of thiazole rings is 1. The van der Waals surface area contributed by atoms with E-state index in [0.717, 1.165) is 0 Å². The molecule has 3 aromatic rings. The molecular formula is C22H19Cl2FN4O2S. The van der Waals surface area contributed by atoms with Gasteiger partial charge >= 0.3 is 0 Å². The van der Waals surface area contributed by atoms with Crippen molar-refractivity contribution in [2.24, 2.45) is 5.92 Å². The highest BCUT2D eigenvalue weighted by Crippen LogP contribution is 2.33. The molecule has 2 heterocycles. The molecule has 0 saturated carbocycles. The summed E-state index contributed by atoms with van der Waals surface area (Å²) in [5.74, 6) is -1.14. The molecule has 1 aliphatic rings. The number of piperidine rings is 1. The van der Waals surface area contributed by atoms with E-state index in [4.69, 9.17) is 23.2 Å². The number of carbonyl (C=O) groups is 2. The highest BCUT2D eigenvalue weighted by Gasteiger charge is 2.30. The van der Waals surface area contributed by atoms with Crippen LogP contribution in [0.15, 0.2) is 47.8 Å². The number of halogens is 3. The molecule has 6 nitrogen and oxygen atoms in total. The van der Waals surface area contributed by atoms with Gasteiger partial charge in [-0.25, -0.2) is 9.37 Å². The summed E-state index contributed by atoms with van der Waals surface area (Å²) in [6, 6.07) is 10.8. The van der Waals surface area contributed by atoms with E-state index in [1.807, 2.05) is 0 Å². The van der Waals surface area contributed by atoms with Gasteiger partial charge in [-0.2, -0.15) is 0 Å². The second-order valence-electron chi connectivity index (χ2n) is 7.35. The van der Waals surface area contributed by atoms with Crippen LogP contribution in [0.3, 0.4) is 0 Å². The summed E-state index contributed by atoms with van der Waals surface area (Å²) in [5.41, 5.74) is 1.42. The van der Waals surface area contributed by atoms with Gasteiger partial charge in [0, 0.05) is 24.2 Å². The Kier molecular flexibility index (Phi) is 6.93. The number of anilines is 3. The summed E-state index contributed by atoms with van der Waals surface area (Å²) >= 11 is 13.5. The molecule has 166 valence electrons. The van der Waals surface area contributed by atoms with Crippen LogP contribution < -0.4 is 10.6 Å². The molecule has 32 heavy (non-hydrogen) atoms. The number of carbonyl (C=O) groups excluding carboxylic acids is 2. The van der Waals surface area contributed by atoms with Gasteiger partial charge in [0.05, 0.1) is 21.7 Å². The Hall–Kier alpha value is -2.68. The van der Waals surface area contributed by atoms with Gasteiger partial charge in [0.1, 0.15) is 11.5 Å². The highest BCUT2D eigenvalue weighted by molar-refractivity contribution is 7.14. The van der Waals surface area contributed by atoms with Gasteiger partial charge in [0.2, 0.25) is 5.91 Å². The average molecular weight is 493 g/mol. The minimum absolute atomic E-state index is 0.190. The molecule has 4 rings (SSSR count). The van der Waals surface area contributed by atoms with Crippen LogP contribution in [0.5, 0.6) is 0 Å². The predicted octanol–water partition coefficient (Wildman–Crippen LogP) is 5.82. The zero-order valence-corrected chi connectivity index (χ0v) is 19.1. The molecule has 0 aliphatic carbocycles. The summed E-state index contributed by atoms with van der Waals surface area (Å²) in [6.45, 7) is 0.853. The minimum Gasteiger partial charge on any atom is -0.336 e. The first-order valence-electron chi connectivity index (χ1n) is 9.93. The summed E-state index contributed by atoms with van der Waals surface area (Å²) in [6.07, 6.45) is 1.38. The van der Waals surface area contributed by atoms with E-state index in [0.29, 0.717) is 58.2 Å². The van der Waals surface area contributed by atoms with Gasteiger partial charge < -0.3 is 15.5 Å². The second kappa shape index (κ2) is 9.85. The lowest BCUT2D eigenvalue weighted by atomic mass is 9.96. The van der Waals surface area contributed by atoms with E-state index in [1.54, 1.807) is 28.5 Å². The Morgan fingerprint density at radius 1 is 1.16 bits per heavy atom. The third-order valence-electron chi connectivity index (χ3n) is 5.11. The first kappa shape index (κ1) is 22.5. The maximum absolute atomic E-state index is 13.1. The number of hydrogen-bond acceptors (Lipinski definition) is 5. The number of nitrogens with zero attached hydrogens (tertiary/aromatic N) is 2. The van der Waals surface area contributed by atoms with Crippen molar-refractivity contribution in [3.05, 3.63) is 69.4 Å². The Morgan fingerprint density at radius 2 is 1.94 bits per heavy atom. The van der Waals surface area contributed by atoms with E-state index in [-0.39, 0.29) is 23.5 Å². The summed E-state index contributed by atoms with van der Waals surface area (Å²) < 4.78 is 13.1. The van der Waals surface area contributed by atoms with E-state index in [2.05, 4.69) is 15.6 Å². The lowest BCUT2D eigenvalue weighted by Crippen LogP contribution is -2.43. The molecule has 1 aromatic heterocycles. The Morgan fingerprint density at radius 3 is 2.72 bits per heavy atom. The third kappa shape index (κ3) is 5.20. The minimum atomic E-state index is -0.368. The van der Waals surface area contributed by atoms with Crippen molar-refractivity contribution in [1.82, 2.24) is 9.88 Å². The fourth-order valence-corrected chi connectivity index (χ4v) is 4.50. The fraction of sp³-hybridized carbons (Fsp3) is 0.227. The standard InChI is InChI=1S/C22H19Cl2FN4O2S/c23-16-4-1-5-17(19(16)24)27-22-28-18(12-32-22)21(31)29-10-2-3-13(11-29)20(30)26-15-8-6-14(25)7-9-15/h1,4-9,12-13H,2-3,10-11H2,(H,26,30)(H,27,28). The van der Waals surface area contributed by atoms with E-state index in [9.17, 15) is 14.0 Å². The van der Waals surface area contributed by atoms with Crippen LogP contribution >= 0.6 is 34.5 Å². The van der Waals surface area contributed by atoms with Gasteiger partial charge in [-0.15, -0.1) is 11.3 Å². The Balaban J connectivity index is 1.39. The molecule has 1 unspecified atom stereocenters. The highest BCUT2D eigenvalue weighted by atomic mass is 35.5. The third-order valence-corrected chi connectivity index (χ3v) is 6.68. The topological polar surface area (TPSA) is 74.3 Å². The number of benzene rings is 2. The molecule has 1 atom stereocenters. The molecule has 10 heteroatoms. The Bertz CT molecular complexity index is 1140. The quantitative estimate of drug-likeness (QED) is 0.470. The normalized spacial score (nSPS) is 16.0. The zero-order chi connectivity index (χ0) is 22.7. The van der Waals surface area contributed by atoms with Crippen LogP contribution in [0.2, 0.25) is 10.0 Å². The molecule has 1 saturated heterocycles. The number of nitrogens with one attached hydrogen (secondary N) is 2. The summed E-state index contributed by atoms with van der Waals surface area (Å²) in [5, 5.41) is 8.85. The van der Waals surface area contributed by atoms with E-state index in [1.165, 1.54) is 35.6 Å². The van der Waals surface area contributed by atoms with Crippen molar-refractivity contribution in [3.8, 4) is 0 Å². The van der Waals surface area contributed by atoms with Crippen LogP contribution in [0.1, 0.15) is 23.3 Å². The van der Waals surface area contributed by atoms with Crippen molar-refractivity contribution in [3.63, 3.8) is 0 Å². The van der Waals surface area contributed by atoms with Crippen LogP contribution in [-0.4, -0.2) is 34.8 Å². The lowest BCUT2D eigenvalue weighted by Gasteiger charge is -2.31. The van der Waals surface area contributed by atoms with Crippen LogP contribution in [-0.2, 0) is 4.79 Å². The van der Waals surface area contributed by atoms with Gasteiger partial charge in [-0.3, -0.25) is 9.59 Å². The van der Waals surface area contributed by atoms with Crippen LogP contribution in [0.25, 0.3) is 0 Å². The number of aromatic nitrogens is 1. The van der Waals surface area contributed by atoms with Gasteiger partial charge in [-0.05, 0) is 49.2 Å². The van der Waals surface area contributed by atoms with E-state index < -0.39 is 0 Å². The number of rotatable bonds is 5. The average Bonchev–Trinajstić information content (AvgIpc) is 3.26. The summed E-state index contributed by atoms with van der Waals surface area (Å²) in [7, 11) is 0. The molecule has 0 radical (unpaired) electrons. The smallest absolute Gasteiger partial charge is 0.273 e. The SMILES string of the molecule is O=C(Nc1ccc(F)cc1)C1CCCN(C(=O)c2csc(Nc3cccc(Cl)c3Cl)n2)C1. The summed E-state index contributed by atoms with van der Waals surface area (Å²) in [4.78, 5) is 31.6. The van der Waals surface area contributed by atoms with Crippen molar-refractivity contribution >= 4 is 62.9 Å². The molecule has 2 N–H and O–H groups in total. The monoisotopic (exact) mass is 492 g/mol. The van der Waals surface area contributed by atoms with Crippen LogP contribution in [0.4, 0.5) is 20.9 Å². The largest absolute Gasteiger partial charge is 0.336 e. The first-order valence-corrected chi connectivity index (χ1v) is 11.6. The predicted molar refractivity (Wildman–Crippen MR) is 126 cm³/mol. The number of likely N-dealkylation sites (tertiary alicyclic amines) is 1. The molecule has 0 bridgehead atoms. The van der Waals surface area contributed by atoms with Gasteiger partial charge in [-0.1, -0.05) is 29.3 Å². The van der Waals surface area contributed by atoms with Crippen molar-refractivity contribution in [2.45, 2.75) is 12.8 Å². The number of hydrogen-bond donors (Lipinski definition) is 2. The Labute approximate surface area is 198 Å². The molecule has 2 aromatic carbocycles. The molecule has 1 fully saturated rings. The van der Waals surface area contributed by atoms with Gasteiger partial charge in [0.25, 0.3) is 5.91 Å². The molecule has 0 spiro atoms. The van der Waals surface area contributed by atoms with Crippen molar-refractivity contribution < 1.29 is 14.0 Å². The van der Waals surface area contributed by atoms with E-state index >= 15 is 0 Å². The van der Waals surface area contributed by atoms with Crippen molar-refractivity contribution in [1.29, 1.82) is 0 Å². The molecule has 1 aliphatic heterocycles.